The summed E-state index contributed by atoms with van der Waals surface area (Å²) in [6, 6.07) is 16.2. The number of imidazole rings is 1. The maximum atomic E-state index is 12.2. The topological polar surface area (TPSA) is 65.4 Å². The molecule has 0 fully saturated rings. The molecule has 37 heavy (non-hydrogen) atoms. The molecule has 1 N–H and O–H groups in total. The number of rotatable bonds is 16. The Morgan fingerprint density at radius 2 is 1.49 bits per heavy atom. The van der Waals surface area contributed by atoms with E-state index in [1.807, 2.05) is 24.3 Å². The highest BCUT2D eigenvalue weighted by atomic mass is 32.2. The average Bonchev–Trinajstić information content (AvgIpc) is 3.29. The minimum Gasteiger partial charge on any atom is -0.497 e. The van der Waals surface area contributed by atoms with Gasteiger partial charge in [-0.05, 0) is 61.4 Å². The monoisotopic (exact) mass is 523 g/mol. The fourth-order valence-electron chi connectivity index (χ4n) is 4.28. The van der Waals surface area contributed by atoms with Gasteiger partial charge >= 0.3 is 0 Å². The van der Waals surface area contributed by atoms with Crippen LogP contribution in [0.25, 0.3) is 22.5 Å². The molecule has 1 aromatic heterocycles. The van der Waals surface area contributed by atoms with Gasteiger partial charge in [-0.15, -0.1) is 0 Å². The van der Waals surface area contributed by atoms with Crippen molar-refractivity contribution in [2.75, 3.05) is 26.5 Å². The zero-order chi connectivity index (χ0) is 26.5. The molecule has 0 saturated carbocycles. The summed E-state index contributed by atoms with van der Waals surface area (Å²) in [6.07, 6.45) is 7.39. The van der Waals surface area contributed by atoms with E-state index < -0.39 is 0 Å². The van der Waals surface area contributed by atoms with Crippen LogP contribution in [0.15, 0.2) is 53.7 Å². The molecule has 0 aliphatic carbocycles. The molecule has 1 amide bonds. The molecule has 0 unspecified atom stereocenters. The van der Waals surface area contributed by atoms with Gasteiger partial charge in [0.15, 0.2) is 5.16 Å². The van der Waals surface area contributed by atoms with E-state index in [4.69, 9.17) is 14.5 Å². The van der Waals surface area contributed by atoms with Crippen LogP contribution in [0.5, 0.6) is 11.5 Å². The Hall–Kier alpha value is -2.93. The first-order chi connectivity index (χ1) is 18.1. The molecule has 0 aliphatic heterocycles. The molecule has 0 bridgehead atoms. The number of thioether (sulfide) groups is 1. The number of benzene rings is 2. The summed E-state index contributed by atoms with van der Waals surface area (Å²) in [6.45, 7) is 5.88. The number of unbranched alkanes of at least 4 members (excludes halogenated alkanes) is 4. The molecule has 6 nitrogen and oxygen atoms in total. The molecule has 200 valence electrons. The first-order valence-electron chi connectivity index (χ1n) is 13.4. The van der Waals surface area contributed by atoms with Crippen molar-refractivity contribution < 1.29 is 14.3 Å². The number of ether oxygens (including phenoxy) is 2. The van der Waals surface area contributed by atoms with Gasteiger partial charge < -0.3 is 19.4 Å². The van der Waals surface area contributed by atoms with Crippen molar-refractivity contribution in [1.82, 2.24) is 14.9 Å². The Bertz CT molecular complexity index is 1090. The van der Waals surface area contributed by atoms with Crippen LogP contribution in [-0.2, 0) is 11.3 Å². The molecule has 0 aliphatic rings. The van der Waals surface area contributed by atoms with Gasteiger partial charge in [-0.2, -0.15) is 0 Å². The molecule has 0 radical (unpaired) electrons. The quantitative estimate of drug-likeness (QED) is 0.159. The molecule has 0 saturated heterocycles. The largest absolute Gasteiger partial charge is 0.497 e. The second-order valence-electron chi connectivity index (χ2n) is 9.06. The summed E-state index contributed by atoms with van der Waals surface area (Å²) >= 11 is 1.69. The summed E-state index contributed by atoms with van der Waals surface area (Å²) in [4.78, 5) is 17.3. The fraction of sp³-hybridized carbons (Fsp3) is 0.467. The van der Waals surface area contributed by atoms with Crippen molar-refractivity contribution in [2.24, 2.45) is 0 Å². The third-order valence-corrected chi connectivity index (χ3v) is 7.25. The normalized spacial score (nSPS) is 10.9. The molecule has 3 aromatic rings. The second kappa shape index (κ2) is 15.4. The number of carbonyl (C=O) groups is 1. The number of carbonyl (C=O) groups excluding carboxylic acids is 1. The lowest BCUT2D eigenvalue weighted by Crippen LogP contribution is -2.25. The molecular formula is C30H41N3O3S. The van der Waals surface area contributed by atoms with E-state index in [0.29, 0.717) is 13.0 Å². The lowest BCUT2D eigenvalue weighted by Gasteiger charge is -2.13. The van der Waals surface area contributed by atoms with Crippen molar-refractivity contribution >= 4 is 17.7 Å². The molecule has 0 atom stereocenters. The predicted molar refractivity (Wildman–Crippen MR) is 154 cm³/mol. The van der Waals surface area contributed by atoms with Gasteiger partial charge in [-0.25, -0.2) is 4.98 Å². The Labute approximate surface area is 226 Å². The molecular weight excluding hydrogens is 482 g/mol. The maximum Gasteiger partial charge on any atom is 0.220 e. The predicted octanol–water partition coefficient (Wildman–Crippen LogP) is 7.21. The van der Waals surface area contributed by atoms with Crippen LogP contribution in [0.4, 0.5) is 0 Å². The zero-order valence-electron chi connectivity index (χ0n) is 22.7. The molecule has 0 spiro atoms. The summed E-state index contributed by atoms with van der Waals surface area (Å²) < 4.78 is 13.0. The SMILES string of the molecule is CCCCCCCC(=O)NCCSc1nc(-c2ccc(OC)cc2)c(-c2ccc(OC)cc2)n1CCC. The number of aromatic nitrogens is 2. The fourth-order valence-corrected chi connectivity index (χ4v) is 5.16. The van der Waals surface area contributed by atoms with Gasteiger partial charge in [0, 0.05) is 36.4 Å². The van der Waals surface area contributed by atoms with E-state index in [1.165, 1.54) is 19.3 Å². The first-order valence-corrected chi connectivity index (χ1v) is 14.4. The van der Waals surface area contributed by atoms with Crippen LogP contribution >= 0.6 is 11.8 Å². The number of nitrogens with zero attached hydrogens (tertiary/aromatic N) is 2. The maximum absolute atomic E-state index is 12.2. The molecule has 1 heterocycles. The van der Waals surface area contributed by atoms with E-state index >= 15 is 0 Å². The van der Waals surface area contributed by atoms with Gasteiger partial charge in [0.25, 0.3) is 0 Å². The Kier molecular flexibility index (Phi) is 11.9. The van der Waals surface area contributed by atoms with E-state index in [2.05, 4.69) is 48.0 Å². The van der Waals surface area contributed by atoms with Crippen LogP contribution in [0, 0.1) is 0 Å². The standard InChI is InChI=1S/C30H41N3O3S/c1-5-7-8-9-10-11-27(34)31-20-22-37-30-32-28(23-12-16-25(35-3)17-13-23)29(33(30)21-6-2)24-14-18-26(36-4)19-15-24/h12-19H,5-11,20-22H2,1-4H3,(H,31,34). The highest BCUT2D eigenvalue weighted by Crippen LogP contribution is 2.37. The van der Waals surface area contributed by atoms with Crippen LogP contribution in [0.1, 0.15) is 58.8 Å². The van der Waals surface area contributed by atoms with Crippen LogP contribution < -0.4 is 14.8 Å². The minimum atomic E-state index is 0.145. The highest BCUT2D eigenvalue weighted by Gasteiger charge is 2.20. The smallest absolute Gasteiger partial charge is 0.220 e. The Balaban J connectivity index is 1.78. The molecule has 2 aromatic carbocycles. The third-order valence-electron chi connectivity index (χ3n) is 6.27. The van der Waals surface area contributed by atoms with E-state index in [0.717, 1.165) is 70.7 Å². The summed E-state index contributed by atoms with van der Waals surface area (Å²) in [5, 5.41) is 4.05. The highest BCUT2D eigenvalue weighted by molar-refractivity contribution is 7.99. The van der Waals surface area contributed by atoms with Crippen LogP contribution in [0.3, 0.4) is 0 Å². The first kappa shape index (κ1) is 28.6. The average molecular weight is 524 g/mol. The number of methoxy groups -OCH3 is 2. The van der Waals surface area contributed by atoms with Gasteiger partial charge in [0.2, 0.25) is 5.91 Å². The van der Waals surface area contributed by atoms with E-state index in [-0.39, 0.29) is 5.91 Å². The van der Waals surface area contributed by atoms with Crippen molar-refractivity contribution in [3.05, 3.63) is 48.5 Å². The summed E-state index contributed by atoms with van der Waals surface area (Å²) in [5.74, 6) is 2.56. The van der Waals surface area contributed by atoms with Gasteiger partial charge in [-0.1, -0.05) is 51.3 Å². The van der Waals surface area contributed by atoms with Crippen molar-refractivity contribution in [3.8, 4) is 34.0 Å². The number of hydrogen-bond donors (Lipinski definition) is 1. The van der Waals surface area contributed by atoms with Crippen molar-refractivity contribution in [3.63, 3.8) is 0 Å². The second-order valence-corrected chi connectivity index (χ2v) is 10.1. The van der Waals surface area contributed by atoms with E-state index in [9.17, 15) is 4.79 Å². The minimum absolute atomic E-state index is 0.145. The summed E-state index contributed by atoms with van der Waals surface area (Å²) in [5.41, 5.74) is 4.17. The van der Waals surface area contributed by atoms with E-state index in [1.54, 1.807) is 26.0 Å². The van der Waals surface area contributed by atoms with Gasteiger partial charge in [0.1, 0.15) is 11.5 Å². The van der Waals surface area contributed by atoms with Gasteiger partial charge in [0.05, 0.1) is 25.6 Å². The molecule has 7 heteroatoms. The van der Waals surface area contributed by atoms with Crippen molar-refractivity contribution in [2.45, 2.75) is 70.5 Å². The molecule has 3 rings (SSSR count). The number of nitrogens with one attached hydrogen (secondary N) is 1. The lowest BCUT2D eigenvalue weighted by atomic mass is 10.0. The Morgan fingerprint density at radius 3 is 2.08 bits per heavy atom. The van der Waals surface area contributed by atoms with Crippen molar-refractivity contribution in [1.29, 1.82) is 0 Å². The number of hydrogen-bond acceptors (Lipinski definition) is 5. The van der Waals surface area contributed by atoms with Gasteiger partial charge in [-0.3, -0.25) is 4.79 Å². The van der Waals surface area contributed by atoms with Crippen LogP contribution in [0.2, 0.25) is 0 Å². The zero-order valence-corrected chi connectivity index (χ0v) is 23.5. The number of amides is 1. The lowest BCUT2D eigenvalue weighted by molar-refractivity contribution is -0.121. The third kappa shape index (κ3) is 8.29. The Morgan fingerprint density at radius 1 is 0.865 bits per heavy atom. The summed E-state index contributed by atoms with van der Waals surface area (Å²) in [7, 11) is 3.35. The van der Waals surface area contributed by atoms with Crippen LogP contribution in [-0.4, -0.2) is 42.0 Å².